The van der Waals surface area contributed by atoms with E-state index >= 15 is 0 Å². The molecular weight excluding hydrogens is 170 g/mol. The van der Waals surface area contributed by atoms with Gasteiger partial charge in [-0.25, -0.2) is 0 Å². The van der Waals surface area contributed by atoms with Gasteiger partial charge in [-0.3, -0.25) is 4.79 Å². The Morgan fingerprint density at radius 1 is 1.50 bits per heavy atom. The number of hydrogen-bond acceptors (Lipinski definition) is 2. The van der Waals surface area contributed by atoms with Crippen LogP contribution < -0.4 is 5.32 Å². The molecule has 0 aromatic heterocycles. The van der Waals surface area contributed by atoms with Crippen molar-refractivity contribution in [3.8, 4) is 0 Å². The van der Waals surface area contributed by atoms with E-state index in [1.165, 1.54) is 19.3 Å². The van der Waals surface area contributed by atoms with Gasteiger partial charge in [-0.2, -0.15) is 0 Å². The Kier molecular flexibility index (Phi) is 7.36. The molecule has 0 aliphatic carbocycles. The fraction of sp³-hybridized carbons (Fsp3) is 0.889. The first-order valence-corrected chi connectivity index (χ1v) is 5.79. The number of rotatable bonds is 6. The molecule has 72 valence electrons. The quantitative estimate of drug-likeness (QED) is 0.513. The van der Waals surface area contributed by atoms with Crippen molar-refractivity contribution in [2.24, 2.45) is 0 Å². The van der Waals surface area contributed by atoms with Gasteiger partial charge in [0.15, 0.2) is 0 Å². The third kappa shape index (κ3) is 6.53. The molecule has 0 radical (unpaired) electrons. The Balaban J connectivity index is 3.46. The molecule has 1 atom stereocenters. The smallest absolute Gasteiger partial charge is 0.217 e. The zero-order valence-corrected chi connectivity index (χ0v) is 9.04. The van der Waals surface area contributed by atoms with Gasteiger partial charge in [0.05, 0.1) is 5.37 Å². The lowest BCUT2D eigenvalue weighted by Gasteiger charge is -2.14. The third-order valence-corrected chi connectivity index (χ3v) is 2.64. The van der Waals surface area contributed by atoms with Crippen molar-refractivity contribution < 1.29 is 4.79 Å². The van der Waals surface area contributed by atoms with Gasteiger partial charge in [0.25, 0.3) is 0 Å². The number of unbranched alkanes of at least 4 members (excludes halogenated alkanes) is 2. The molecule has 2 nitrogen and oxygen atoms in total. The van der Waals surface area contributed by atoms with Crippen LogP contribution in [0.3, 0.4) is 0 Å². The maximum atomic E-state index is 10.7. The Morgan fingerprint density at radius 3 is 2.58 bits per heavy atom. The van der Waals surface area contributed by atoms with E-state index in [4.69, 9.17) is 0 Å². The molecule has 0 aliphatic heterocycles. The molecule has 0 saturated heterocycles. The molecule has 0 spiro atoms. The molecule has 3 heteroatoms. The Morgan fingerprint density at radius 2 is 2.17 bits per heavy atom. The van der Waals surface area contributed by atoms with Gasteiger partial charge >= 0.3 is 0 Å². The maximum Gasteiger partial charge on any atom is 0.217 e. The standard InChI is InChI=1S/C9H19NOS/c1-4-5-6-7-9(12-3)10-8(2)11/h9H,4-7H2,1-3H3,(H,10,11). The summed E-state index contributed by atoms with van der Waals surface area (Å²) in [6.07, 6.45) is 6.83. The summed E-state index contributed by atoms with van der Waals surface area (Å²) in [5.41, 5.74) is 0. The van der Waals surface area contributed by atoms with Crippen LogP contribution in [0, 0.1) is 0 Å². The fourth-order valence-corrected chi connectivity index (χ4v) is 1.74. The monoisotopic (exact) mass is 189 g/mol. The number of thioether (sulfide) groups is 1. The van der Waals surface area contributed by atoms with Crippen LogP contribution in [0.1, 0.15) is 39.5 Å². The van der Waals surface area contributed by atoms with Crippen molar-refractivity contribution in [3.63, 3.8) is 0 Å². The maximum absolute atomic E-state index is 10.7. The highest BCUT2D eigenvalue weighted by atomic mass is 32.2. The predicted octanol–water partition coefficient (Wildman–Crippen LogP) is 2.39. The Bertz CT molecular complexity index is 128. The molecule has 12 heavy (non-hydrogen) atoms. The second-order valence-electron chi connectivity index (χ2n) is 2.92. The summed E-state index contributed by atoms with van der Waals surface area (Å²) < 4.78 is 0. The van der Waals surface area contributed by atoms with Crippen LogP contribution in [-0.4, -0.2) is 17.5 Å². The number of hydrogen-bond donors (Lipinski definition) is 1. The minimum Gasteiger partial charge on any atom is -0.345 e. The number of carbonyl (C=O) groups excluding carboxylic acids is 1. The fourth-order valence-electron chi connectivity index (χ4n) is 1.06. The average Bonchev–Trinajstić information content (AvgIpc) is 2.02. The van der Waals surface area contributed by atoms with Crippen molar-refractivity contribution in [3.05, 3.63) is 0 Å². The summed E-state index contributed by atoms with van der Waals surface area (Å²) in [5.74, 6) is 0.0749. The summed E-state index contributed by atoms with van der Waals surface area (Å²) in [6.45, 7) is 3.76. The van der Waals surface area contributed by atoms with Gasteiger partial charge in [-0.05, 0) is 12.7 Å². The summed E-state index contributed by atoms with van der Waals surface area (Å²) in [5, 5.41) is 3.23. The van der Waals surface area contributed by atoms with Crippen molar-refractivity contribution in [1.82, 2.24) is 5.32 Å². The normalized spacial score (nSPS) is 12.6. The van der Waals surface area contributed by atoms with Gasteiger partial charge in [-0.1, -0.05) is 26.2 Å². The number of nitrogens with one attached hydrogen (secondary N) is 1. The van der Waals surface area contributed by atoms with Crippen molar-refractivity contribution >= 4 is 17.7 Å². The Labute approximate surface area is 79.5 Å². The predicted molar refractivity (Wildman–Crippen MR) is 55.3 cm³/mol. The van der Waals surface area contributed by atoms with Gasteiger partial charge in [0.1, 0.15) is 0 Å². The summed E-state index contributed by atoms with van der Waals surface area (Å²) in [7, 11) is 0. The molecule has 0 fully saturated rings. The van der Waals surface area contributed by atoms with Crippen LogP contribution in [-0.2, 0) is 4.79 Å². The van der Waals surface area contributed by atoms with Crippen molar-refractivity contribution in [1.29, 1.82) is 0 Å². The average molecular weight is 189 g/mol. The SMILES string of the molecule is CCCCCC(NC(C)=O)SC. The van der Waals surface area contributed by atoms with E-state index in [0.717, 1.165) is 6.42 Å². The molecule has 0 heterocycles. The largest absolute Gasteiger partial charge is 0.345 e. The van der Waals surface area contributed by atoms with E-state index in [9.17, 15) is 4.79 Å². The molecule has 0 aliphatic rings. The third-order valence-electron chi connectivity index (χ3n) is 1.72. The summed E-state index contributed by atoms with van der Waals surface area (Å²) in [4.78, 5) is 10.7. The van der Waals surface area contributed by atoms with Crippen LogP contribution in [0.5, 0.6) is 0 Å². The van der Waals surface area contributed by atoms with E-state index in [2.05, 4.69) is 12.2 Å². The zero-order chi connectivity index (χ0) is 9.40. The lowest BCUT2D eigenvalue weighted by Crippen LogP contribution is -2.29. The van der Waals surface area contributed by atoms with Crippen LogP contribution in [0.4, 0.5) is 0 Å². The van der Waals surface area contributed by atoms with E-state index in [0.29, 0.717) is 5.37 Å². The highest BCUT2D eigenvalue weighted by Crippen LogP contribution is 2.12. The summed E-state index contributed by atoms with van der Waals surface area (Å²) >= 11 is 1.72. The van der Waals surface area contributed by atoms with Gasteiger partial charge in [0.2, 0.25) is 5.91 Å². The second-order valence-corrected chi connectivity index (χ2v) is 3.96. The van der Waals surface area contributed by atoms with E-state index in [1.807, 2.05) is 6.26 Å². The van der Waals surface area contributed by atoms with E-state index in [-0.39, 0.29) is 5.91 Å². The molecule has 0 bridgehead atoms. The van der Waals surface area contributed by atoms with Crippen LogP contribution >= 0.6 is 11.8 Å². The first-order chi connectivity index (χ1) is 5.70. The molecule has 0 aromatic carbocycles. The van der Waals surface area contributed by atoms with E-state index in [1.54, 1.807) is 18.7 Å². The minimum absolute atomic E-state index is 0.0749. The highest BCUT2D eigenvalue weighted by molar-refractivity contribution is 7.99. The molecule has 0 rings (SSSR count). The molecule has 1 N–H and O–H groups in total. The lowest BCUT2D eigenvalue weighted by molar-refractivity contribution is -0.119. The number of amides is 1. The Hall–Kier alpha value is -0.180. The van der Waals surface area contributed by atoms with Crippen LogP contribution in [0.25, 0.3) is 0 Å². The van der Waals surface area contributed by atoms with Crippen molar-refractivity contribution in [2.45, 2.75) is 44.9 Å². The first kappa shape index (κ1) is 11.8. The van der Waals surface area contributed by atoms with E-state index < -0.39 is 0 Å². The van der Waals surface area contributed by atoms with Crippen molar-refractivity contribution in [2.75, 3.05) is 6.26 Å². The zero-order valence-electron chi connectivity index (χ0n) is 8.22. The van der Waals surface area contributed by atoms with Gasteiger partial charge in [-0.15, -0.1) is 11.8 Å². The minimum atomic E-state index is 0.0749. The molecule has 0 saturated carbocycles. The van der Waals surface area contributed by atoms with Gasteiger partial charge in [0, 0.05) is 6.92 Å². The van der Waals surface area contributed by atoms with Gasteiger partial charge < -0.3 is 5.32 Å². The molecular formula is C9H19NOS. The van der Waals surface area contributed by atoms with Crippen LogP contribution in [0.2, 0.25) is 0 Å². The van der Waals surface area contributed by atoms with Crippen LogP contribution in [0.15, 0.2) is 0 Å². The molecule has 1 amide bonds. The molecule has 0 aromatic rings. The molecule has 1 unspecified atom stereocenters. The lowest BCUT2D eigenvalue weighted by atomic mass is 10.2. The first-order valence-electron chi connectivity index (χ1n) is 4.50. The second kappa shape index (κ2) is 7.47. The topological polar surface area (TPSA) is 29.1 Å². The summed E-state index contributed by atoms with van der Waals surface area (Å²) in [6, 6.07) is 0. The highest BCUT2D eigenvalue weighted by Gasteiger charge is 2.06. The number of carbonyl (C=O) groups is 1.